The molecule has 6 nitrogen and oxygen atoms in total. The second-order valence-corrected chi connectivity index (χ2v) is 6.58. The van der Waals surface area contributed by atoms with Crippen LogP contribution in [-0.2, 0) is 4.74 Å². The number of carbonyl (C=O) groups is 1. The van der Waals surface area contributed by atoms with Crippen molar-refractivity contribution in [3.63, 3.8) is 0 Å². The summed E-state index contributed by atoms with van der Waals surface area (Å²) in [5, 5.41) is 0. The predicted molar refractivity (Wildman–Crippen MR) is 85.7 cm³/mol. The Bertz CT molecular complexity index is 751. The lowest BCUT2D eigenvalue weighted by Crippen LogP contribution is -2.54. The molecule has 2 aromatic heterocycles. The lowest BCUT2D eigenvalue weighted by Gasteiger charge is -2.43. The third-order valence-corrected chi connectivity index (χ3v) is 5.05. The van der Waals surface area contributed by atoms with E-state index >= 15 is 0 Å². The third kappa shape index (κ3) is 3.00. The van der Waals surface area contributed by atoms with E-state index in [0.29, 0.717) is 25.3 Å². The lowest BCUT2D eigenvalue weighted by molar-refractivity contribution is -0.0337. The number of furan rings is 1. The Hall–Kier alpha value is -2.41. The van der Waals surface area contributed by atoms with Gasteiger partial charge in [0.1, 0.15) is 6.26 Å². The number of piperidine rings is 1. The minimum Gasteiger partial charge on any atom is -0.475 e. The Morgan fingerprint density at radius 3 is 3.20 bits per heavy atom. The van der Waals surface area contributed by atoms with Crippen molar-refractivity contribution in [1.29, 1.82) is 0 Å². The SMILES string of the molecule is O=C(c1ccoc1)N1CC[C@H]2OCC[C@@]2(COc2ncccc2F)C1. The number of aromatic nitrogens is 1. The van der Waals surface area contributed by atoms with Gasteiger partial charge in [-0.3, -0.25) is 4.79 Å². The Kier molecular flexibility index (Phi) is 4.17. The van der Waals surface area contributed by atoms with Gasteiger partial charge in [0.15, 0.2) is 5.82 Å². The van der Waals surface area contributed by atoms with Crippen LogP contribution in [0.1, 0.15) is 23.2 Å². The van der Waals surface area contributed by atoms with E-state index in [1.165, 1.54) is 30.9 Å². The third-order valence-electron chi connectivity index (χ3n) is 5.05. The number of likely N-dealkylation sites (tertiary alicyclic amines) is 1. The number of hydrogen-bond acceptors (Lipinski definition) is 5. The van der Waals surface area contributed by atoms with Gasteiger partial charge in [-0.25, -0.2) is 9.37 Å². The van der Waals surface area contributed by atoms with Gasteiger partial charge in [-0.05, 0) is 31.0 Å². The number of hydrogen-bond donors (Lipinski definition) is 0. The van der Waals surface area contributed by atoms with Crippen molar-refractivity contribution in [2.24, 2.45) is 5.41 Å². The fourth-order valence-corrected chi connectivity index (χ4v) is 3.69. The highest BCUT2D eigenvalue weighted by Gasteiger charge is 2.49. The van der Waals surface area contributed by atoms with Gasteiger partial charge in [0.2, 0.25) is 5.88 Å². The molecular formula is C18H19FN2O4. The summed E-state index contributed by atoms with van der Waals surface area (Å²) in [7, 11) is 0. The van der Waals surface area contributed by atoms with Gasteiger partial charge in [0.05, 0.1) is 30.0 Å². The van der Waals surface area contributed by atoms with Crippen molar-refractivity contribution >= 4 is 5.91 Å². The van der Waals surface area contributed by atoms with E-state index in [1.807, 2.05) is 0 Å². The van der Waals surface area contributed by atoms with Gasteiger partial charge in [0, 0.05) is 25.9 Å². The van der Waals surface area contributed by atoms with Crippen LogP contribution in [0.15, 0.2) is 41.3 Å². The molecule has 0 saturated carbocycles. The van der Waals surface area contributed by atoms with Gasteiger partial charge in [-0.1, -0.05) is 0 Å². The fourth-order valence-electron chi connectivity index (χ4n) is 3.69. The van der Waals surface area contributed by atoms with Crippen molar-refractivity contribution in [3.05, 3.63) is 48.3 Å². The quantitative estimate of drug-likeness (QED) is 0.851. The number of rotatable bonds is 4. The minimum absolute atomic E-state index is 0.00710. The molecule has 2 saturated heterocycles. The van der Waals surface area contributed by atoms with E-state index in [1.54, 1.807) is 11.0 Å². The van der Waals surface area contributed by atoms with E-state index in [-0.39, 0.29) is 29.9 Å². The molecule has 4 rings (SSSR count). The summed E-state index contributed by atoms with van der Waals surface area (Å²) in [6.45, 7) is 2.01. The van der Waals surface area contributed by atoms with E-state index < -0.39 is 5.82 Å². The van der Waals surface area contributed by atoms with Crippen LogP contribution in [0.4, 0.5) is 4.39 Å². The number of nitrogens with zero attached hydrogens (tertiary/aromatic N) is 2. The maximum Gasteiger partial charge on any atom is 0.257 e. The second-order valence-electron chi connectivity index (χ2n) is 6.58. The average Bonchev–Trinajstić information content (AvgIpc) is 3.30. The van der Waals surface area contributed by atoms with Crippen LogP contribution in [0.5, 0.6) is 5.88 Å². The van der Waals surface area contributed by atoms with Crippen LogP contribution in [0.3, 0.4) is 0 Å². The smallest absolute Gasteiger partial charge is 0.257 e. The molecular weight excluding hydrogens is 327 g/mol. The summed E-state index contributed by atoms with van der Waals surface area (Å²) in [4.78, 5) is 18.4. The molecule has 132 valence electrons. The van der Waals surface area contributed by atoms with Gasteiger partial charge in [-0.15, -0.1) is 0 Å². The van der Waals surface area contributed by atoms with E-state index in [4.69, 9.17) is 13.9 Å². The molecule has 2 fully saturated rings. The number of pyridine rings is 1. The molecule has 0 bridgehead atoms. The monoisotopic (exact) mass is 346 g/mol. The highest BCUT2D eigenvalue weighted by atomic mass is 19.1. The normalized spacial score (nSPS) is 25.6. The number of ether oxygens (including phenoxy) is 2. The van der Waals surface area contributed by atoms with Crippen molar-refractivity contribution in [3.8, 4) is 5.88 Å². The average molecular weight is 346 g/mol. The van der Waals surface area contributed by atoms with Gasteiger partial charge >= 0.3 is 0 Å². The molecule has 1 amide bonds. The van der Waals surface area contributed by atoms with Crippen LogP contribution in [-0.4, -0.2) is 48.2 Å². The minimum atomic E-state index is -0.489. The summed E-state index contributed by atoms with van der Waals surface area (Å²) in [6.07, 6.45) is 5.94. The summed E-state index contributed by atoms with van der Waals surface area (Å²) in [5.41, 5.74) is 0.186. The Labute approximate surface area is 144 Å². The summed E-state index contributed by atoms with van der Waals surface area (Å²) < 4.78 is 30.3. The highest BCUT2D eigenvalue weighted by molar-refractivity contribution is 5.93. The van der Waals surface area contributed by atoms with Crippen LogP contribution in [0.25, 0.3) is 0 Å². The first-order valence-electron chi connectivity index (χ1n) is 8.34. The molecule has 2 aromatic rings. The second kappa shape index (κ2) is 6.48. The molecule has 2 aliphatic rings. The first kappa shape index (κ1) is 16.1. The van der Waals surface area contributed by atoms with Crippen LogP contribution < -0.4 is 4.74 Å². The zero-order valence-corrected chi connectivity index (χ0v) is 13.7. The number of carbonyl (C=O) groups excluding carboxylic acids is 1. The van der Waals surface area contributed by atoms with E-state index in [0.717, 1.165) is 12.8 Å². The van der Waals surface area contributed by atoms with E-state index in [2.05, 4.69) is 4.98 Å². The van der Waals surface area contributed by atoms with E-state index in [9.17, 15) is 9.18 Å². The molecule has 2 atom stereocenters. The molecule has 4 heterocycles. The van der Waals surface area contributed by atoms with Crippen LogP contribution in [0, 0.1) is 11.2 Å². The van der Waals surface area contributed by atoms with Gasteiger partial charge in [-0.2, -0.15) is 0 Å². The van der Waals surface area contributed by atoms with Gasteiger partial charge < -0.3 is 18.8 Å². The number of amides is 1. The molecule has 0 unspecified atom stereocenters. The van der Waals surface area contributed by atoms with Crippen LogP contribution in [0.2, 0.25) is 0 Å². The molecule has 0 aromatic carbocycles. The molecule has 7 heteroatoms. The van der Waals surface area contributed by atoms with Crippen molar-refractivity contribution < 1.29 is 23.1 Å². The largest absolute Gasteiger partial charge is 0.475 e. The standard InChI is InChI=1S/C18H19FN2O4/c19-14-2-1-6-20-16(14)25-12-18-5-9-24-15(18)3-7-21(11-18)17(22)13-4-8-23-10-13/h1-2,4,6,8,10,15H,3,5,7,9,11-12H2/t15-,18+/m1/s1. The Morgan fingerprint density at radius 2 is 2.40 bits per heavy atom. The molecule has 0 spiro atoms. The zero-order valence-electron chi connectivity index (χ0n) is 13.7. The molecule has 0 radical (unpaired) electrons. The maximum atomic E-state index is 13.8. The van der Waals surface area contributed by atoms with Crippen molar-refractivity contribution in [1.82, 2.24) is 9.88 Å². The Balaban J connectivity index is 1.51. The predicted octanol–water partition coefficient (Wildman–Crippen LogP) is 2.51. The number of fused-ring (bicyclic) bond motifs is 1. The fraction of sp³-hybridized carbons (Fsp3) is 0.444. The first-order valence-corrected chi connectivity index (χ1v) is 8.34. The summed E-state index contributed by atoms with van der Waals surface area (Å²) in [6, 6.07) is 4.50. The van der Waals surface area contributed by atoms with Crippen molar-refractivity contribution in [2.45, 2.75) is 18.9 Å². The number of halogens is 1. The van der Waals surface area contributed by atoms with Crippen LogP contribution >= 0.6 is 0 Å². The highest BCUT2D eigenvalue weighted by Crippen LogP contribution is 2.41. The summed E-state index contributed by atoms with van der Waals surface area (Å²) >= 11 is 0. The lowest BCUT2D eigenvalue weighted by atomic mass is 9.77. The summed E-state index contributed by atoms with van der Waals surface area (Å²) in [5.74, 6) is -0.570. The van der Waals surface area contributed by atoms with Gasteiger partial charge in [0.25, 0.3) is 5.91 Å². The molecule has 0 N–H and O–H groups in total. The molecule has 25 heavy (non-hydrogen) atoms. The zero-order chi connectivity index (χ0) is 17.3. The maximum absolute atomic E-state index is 13.8. The molecule has 2 aliphatic heterocycles. The van der Waals surface area contributed by atoms with Crippen molar-refractivity contribution in [2.75, 3.05) is 26.3 Å². The Morgan fingerprint density at radius 1 is 1.48 bits per heavy atom. The topological polar surface area (TPSA) is 64.8 Å². The molecule has 0 aliphatic carbocycles. The first-order chi connectivity index (χ1) is 12.2.